The Bertz CT molecular complexity index is 323. The summed E-state index contributed by atoms with van der Waals surface area (Å²) in [5, 5.41) is 3.27. The van der Waals surface area contributed by atoms with Crippen LogP contribution in [0.2, 0.25) is 5.15 Å². The molecule has 1 fully saturated rings. The molecule has 1 unspecified atom stereocenters. The third-order valence-electron chi connectivity index (χ3n) is 2.20. The molecule has 68 valence electrons. The quantitative estimate of drug-likeness (QED) is 0.689. The fourth-order valence-electron chi connectivity index (χ4n) is 1.47. The van der Waals surface area contributed by atoms with E-state index in [1.165, 1.54) is 0 Å². The second-order valence-corrected chi connectivity index (χ2v) is 3.51. The van der Waals surface area contributed by atoms with E-state index in [0.29, 0.717) is 18.1 Å². The Hall–Kier alpha value is -1.09. The van der Waals surface area contributed by atoms with E-state index in [-0.39, 0.29) is 11.8 Å². The van der Waals surface area contributed by atoms with Gasteiger partial charge in [-0.3, -0.25) is 4.79 Å². The molecule has 1 atom stereocenters. The highest BCUT2D eigenvalue weighted by molar-refractivity contribution is 6.29. The summed E-state index contributed by atoms with van der Waals surface area (Å²) in [5.74, 6) is 0.372. The minimum atomic E-state index is 0.111. The third-order valence-corrected chi connectivity index (χ3v) is 2.42. The molecule has 0 bridgehead atoms. The van der Waals surface area contributed by atoms with Crippen molar-refractivity contribution in [2.75, 3.05) is 6.54 Å². The van der Waals surface area contributed by atoms with Gasteiger partial charge in [-0.25, -0.2) is 4.98 Å². The highest BCUT2D eigenvalue weighted by atomic mass is 35.5. The maximum atomic E-state index is 10.9. The summed E-state index contributed by atoms with van der Waals surface area (Å²) in [6.45, 7) is 0.710. The van der Waals surface area contributed by atoms with E-state index in [9.17, 15) is 4.79 Å². The van der Waals surface area contributed by atoms with E-state index < -0.39 is 0 Å². The first-order valence-corrected chi connectivity index (χ1v) is 4.51. The van der Waals surface area contributed by atoms with Gasteiger partial charge in [-0.1, -0.05) is 17.7 Å². The first-order valence-electron chi connectivity index (χ1n) is 4.14. The lowest BCUT2D eigenvalue weighted by molar-refractivity contribution is -0.119. The summed E-state index contributed by atoms with van der Waals surface area (Å²) < 4.78 is 0. The van der Waals surface area contributed by atoms with Crippen molar-refractivity contribution in [1.29, 1.82) is 0 Å². The number of hydrogen-bond donors (Lipinski definition) is 1. The van der Waals surface area contributed by atoms with Gasteiger partial charge < -0.3 is 5.32 Å². The lowest BCUT2D eigenvalue weighted by Gasteiger charge is -2.05. The maximum absolute atomic E-state index is 10.9. The topological polar surface area (TPSA) is 42.0 Å². The molecule has 4 heteroatoms. The van der Waals surface area contributed by atoms with Gasteiger partial charge in [0.2, 0.25) is 5.91 Å². The van der Waals surface area contributed by atoms with Crippen molar-refractivity contribution in [3.8, 4) is 0 Å². The summed E-state index contributed by atoms with van der Waals surface area (Å²) >= 11 is 5.65. The highest BCUT2D eigenvalue weighted by Gasteiger charge is 2.22. The zero-order chi connectivity index (χ0) is 9.26. The minimum absolute atomic E-state index is 0.111. The second kappa shape index (κ2) is 3.34. The van der Waals surface area contributed by atoms with Gasteiger partial charge in [0.05, 0.1) is 0 Å². The Balaban J connectivity index is 2.17. The second-order valence-electron chi connectivity index (χ2n) is 3.12. The molecular weight excluding hydrogens is 188 g/mol. The molecule has 1 saturated heterocycles. The highest BCUT2D eigenvalue weighted by Crippen LogP contribution is 2.22. The van der Waals surface area contributed by atoms with E-state index in [1.807, 2.05) is 6.07 Å². The molecule has 1 N–H and O–H groups in total. The molecule has 3 nitrogen and oxygen atoms in total. The lowest BCUT2D eigenvalue weighted by atomic mass is 10.0. The number of carbonyl (C=O) groups is 1. The molecule has 0 aliphatic carbocycles. The molecule has 2 heterocycles. The number of amides is 1. The molecule has 0 radical (unpaired) electrons. The van der Waals surface area contributed by atoms with Gasteiger partial charge in [0.15, 0.2) is 0 Å². The molecule has 1 amide bonds. The number of carbonyl (C=O) groups excluding carboxylic acids is 1. The predicted octanol–water partition coefficient (Wildman–Crippen LogP) is 1.34. The summed E-state index contributed by atoms with van der Waals surface area (Å²) in [7, 11) is 0. The van der Waals surface area contributed by atoms with Gasteiger partial charge >= 0.3 is 0 Å². The summed E-state index contributed by atoms with van der Waals surface area (Å²) in [4.78, 5) is 14.9. The van der Waals surface area contributed by atoms with Crippen LogP contribution in [0.4, 0.5) is 0 Å². The predicted molar refractivity (Wildman–Crippen MR) is 49.6 cm³/mol. The van der Waals surface area contributed by atoms with Crippen molar-refractivity contribution < 1.29 is 4.79 Å². The van der Waals surface area contributed by atoms with E-state index in [2.05, 4.69) is 10.3 Å². The average Bonchev–Trinajstić information content (AvgIpc) is 2.53. The van der Waals surface area contributed by atoms with Crippen molar-refractivity contribution in [3.05, 3.63) is 29.0 Å². The smallest absolute Gasteiger partial charge is 0.220 e. The van der Waals surface area contributed by atoms with Gasteiger partial charge in [0.25, 0.3) is 0 Å². The fourth-order valence-corrected chi connectivity index (χ4v) is 1.58. The molecule has 0 aromatic carbocycles. The molecule has 1 aliphatic rings. The Morgan fingerprint density at radius 2 is 2.38 bits per heavy atom. The first-order chi connectivity index (χ1) is 6.25. The van der Waals surface area contributed by atoms with Crippen LogP contribution in [-0.2, 0) is 4.79 Å². The standard InChI is InChI=1S/C9H9ClN2O/c10-8-2-1-6(4-11-8)7-3-9(13)12-5-7/h1-2,4,7H,3,5H2,(H,12,13). The van der Waals surface area contributed by atoms with Crippen molar-refractivity contribution in [3.63, 3.8) is 0 Å². The van der Waals surface area contributed by atoms with Crippen molar-refractivity contribution >= 4 is 17.5 Å². The number of aromatic nitrogens is 1. The van der Waals surface area contributed by atoms with E-state index in [0.717, 1.165) is 5.56 Å². The first kappa shape index (κ1) is 8.51. The Morgan fingerprint density at radius 1 is 1.54 bits per heavy atom. The van der Waals surface area contributed by atoms with Crippen LogP contribution in [0, 0.1) is 0 Å². The molecule has 1 aromatic heterocycles. The number of hydrogen-bond acceptors (Lipinski definition) is 2. The normalized spacial score (nSPS) is 21.6. The fraction of sp³-hybridized carbons (Fsp3) is 0.333. The summed E-state index contributed by atoms with van der Waals surface area (Å²) in [6.07, 6.45) is 2.29. The number of rotatable bonds is 1. The largest absolute Gasteiger partial charge is 0.355 e. The maximum Gasteiger partial charge on any atom is 0.220 e. The number of nitrogens with zero attached hydrogens (tertiary/aromatic N) is 1. The van der Waals surface area contributed by atoms with Crippen LogP contribution in [0.15, 0.2) is 18.3 Å². The van der Waals surface area contributed by atoms with Crippen LogP contribution in [0.3, 0.4) is 0 Å². The Kier molecular flexibility index (Phi) is 2.19. The van der Waals surface area contributed by atoms with Crippen LogP contribution in [0.5, 0.6) is 0 Å². The monoisotopic (exact) mass is 196 g/mol. The van der Waals surface area contributed by atoms with Crippen LogP contribution in [0.25, 0.3) is 0 Å². The van der Waals surface area contributed by atoms with Crippen molar-refractivity contribution in [1.82, 2.24) is 10.3 Å². The third kappa shape index (κ3) is 1.80. The van der Waals surface area contributed by atoms with Crippen LogP contribution >= 0.6 is 11.6 Å². The number of pyridine rings is 1. The van der Waals surface area contributed by atoms with E-state index in [1.54, 1.807) is 12.3 Å². The van der Waals surface area contributed by atoms with Crippen molar-refractivity contribution in [2.45, 2.75) is 12.3 Å². The molecule has 0 saturated carbocycles. The van der Waals surface area contributed by atoms with Gasteiger partial charge in [0.1, 0.15) is 5.15 Å². The average molecular weight is 197 g/mol. The Morgan fingerprint density at radius 3 is 2.92 bits per heavy atom. The molecule has 13 heavy (non-hydrogen) atoms. The minimum Gasteiger partial charge on any atom is -0.355 e. The number of nitrogens with one attached hydrogen (secondary N) is 1. The lowest BCUT2D eigenvalue weighted by Crippen LogP contribution is -2.13. The van der Waals surface area contributed by atoms with Crippen LogP contribution in [-0.4, -0.2) is 17.4 Å². The van der Waals surface area contributed by atoms with Crippen molar-refractivity contribution in [2.24, 2.45) is 0 Å². The molecule has 1 aromatic rings. The van der Waals surface area contributed by atoms with Crippen LogP contribution < -0.4 is 5.32 Å². The molecule has 1 aliphatic heterocycles. The summed E-state index contributed by atoms with van der Waals surface area (Å²) in [5.41, 5.74) is 1.07. The summed E-state index contributed by atoms with van der Waals surface area (Å²) in [6, 6.07) is 3.67. The van der Waals surface area contributed by atoms with E-state index >= 15 is 0 Å². The SMILES string of the molecule is O=C1CC(c2ccc(Cl)nc2)CN1. The van der Waals surface area contributed by atoms with E-state index in [4.69, 9.17) is 11.6 Å². The number of halogens is 1. The van der Waals surface area contributed by atoms with Gasteiger partial charge in [-0.05, 0) is 11.6 Å². The van der Waals surface area contributed by atoms with Gasteiger partial charge in [0, 0.05) is 25.1 Å². The molecule has 0 spiro atoms. The van der Waals surface area contributed by atoms with Gasteiger partial charge in [-0.15, -0.1) is 0 Å². The zero-order valence-corrected chi connectivity index (χ0v) is 7.71. The molecular formula is C9H9ClN2O. The Labute approximate surface area is 81.1 Å². The van der Waals surface area contributed by atoms with Gasteiger partial charge in [-0.2, -0.15) is 0 Å². The molecule has 2 rings (SSSR count). The zero-order valence-electron chi connectivity index (χ0n) is 6.96. The van der Waals surface area contributed by atoms with Crippen LogP contribution in [0.1, 0.15) is 17.9 Å².